The second kappa shape index (κ2) is 5.84. The van der Waals surface area contributed by atoms with Gasteiger partial charge in [0.25, 0.3) is 0 Å². The first-order valence-electron chi connectivity index (χ1n) is 6.10. The third-order valence-electron chi connectivity index (χ3n) is 2.83. The number of benzene rings is 1. The first-order chi connectivity index (χ1) is 9.04. The van der Waals surface area contributed by atoms with Gasteiger partial charge in [-0.25, -0.2) is 4.98 Å². The van der Waals surface area contributed by atoms with Gasteiger partial charge >= 0.3 is 0 Å². The zero-order valence-electron chi connectivity index (χ0n) is 11.0. The van der Waals surface area contributed by atoms with Crippen LogP contribution in [0.3, 0.4) is 0 Å². The lowest BCUT2D eigenvalue weighted by Gasteiger charge is -2.14. The molecular formula is C14H17N3OS. The molecule has 1 aromatic carbocycles. The van der Waals surface area contributed by atoms with E-state index < -0.39 is 0 Å². The summed E-state index contributed by atoms with van der Waals surface area (Å²) in [6.45, 7) is 4.01. The van der Waals surface area contributed by atoms with E-state index in [1.807, 2.05) is 37.4 Å². The first kappa shape index (κ1) is 13.5. The van der Waals surface area contributed by atoms with Gasteiger partial charge in [0, 0.05) is 5.38 Å². The van der Waals surface area contributed by atoms with Crippen molar-refractivity contribution in [3.8, 4) is 0 Å². The fourth-order valence-corrected chi connectivity index (χ4v) is 2.45. The molecule has 100 valence electrons. The summed E-state index contributed by atoms with van der Waals surface area (Å²) in [5, 5.41) is 5.27. The van der Waals surface area contributed by atoms with Crippen LogP contribution in [0.15, 0.2) is 29.6 Å². The van der Waals surface area contributed by atoms with Gasteiger partial charge < -0.3 is 11.1 Å². The molecule has 0 aliphatic rings. The number of aromatic nitrogens is 1. The Morgan fingerprint density at radius 1 is 1.53 bits per heavy atom. The molecule has 0 spiro atoms. The van der Waals surface area contributed by atoms with E-state index in [2.05, 4.69) is 16.4 Å². The predicted molar refractivity (Wildman–Crippen MR) is 78.0 cm³/mol. The van der Waals surface area contributed by atoms with Crippen LogP contribution in [0.4, 0.5) is 5.13 Å². The second-order valence-electron chi connectivity index (χ2n) is 4.56. The number of nitrogen functional groups attached to an aromatic ring is 1. The fraction of sp³-hybridized carbons (Fsp3) is 0.286. The van der Waals surface area contributed by atoms with Gasteiger partial charge in [-0.05, 0) is 19.4 Å². The molecule has 2 rings (SSSR count). The van der Waals surface area contributed by atoms with Crippen LogP contribution in [0, 0.1) is 6.92 Å². The molecule has 0 radical (unpaired) electrons. The maximum atomic E-state index is 11.9. The summed E-state index contributed by atoms with van der Waals surface area (Å²) in [5.74, 6) is -0.0423. The molecule has 0 saturated heterocycles. The molecule has 0 bridgehead atoms. The lowest BCUT2D eigenvalue weighted by atomic mass is 10.1. The lowest BCUT2D eigenvalue weighted by molar-refractivity contribution is -0.121. The molecule has 0 unspecified atom stereocenters. The zero-order chi connectivity index (χ0) is 13.8. The molecule has 1 aromatic heterocycles. The summed E-state index contributed by atoms with van der Waals surface area (Å²) in [6, 6.07) is 8.11. The first-order valence-corrected chi connectivity index (χ1v) is 6.98. The van der Waals surface area contributed by atoms with Crippen molar-refractivity contribution in [3.05, 3.63) is 46.5 Å². The van der Waals surface area contributed by atoms with Crippen LogP contribution >= 0.6 is 11.3 Å². The van der Waals surface area contributed by atoms with Gasteiger partial charge in [0.15, 0.2) is 5.13 Å². The van der Waals surface area contributed by atoms with E-state index >= 15 is 0 Å². The molecule has 1 amide bonds. The number of nitrogens with two attached hydrogens (primary N) is 1. The largest absolute Gasteiger partial charge is 0.375 e. The average Bonchev–Trinajstić information content (AvgIpc) is 2.74. The number of carbonyl (C=O) groups excluding carboxylic acids is 1. The number of amides is 1. The fourth-order valence-electron chi connectivity index (χ4n) is 1.88. The maximum absolute atomic E-state index is 11.9. The van der Waals surface area contributed by atoms with Crippen LogP contribution in [0.5, 0.6) is 0 Å². The summed E-state index contributed by atoms with van der Waals surface area (Å²) < 4.78 is 0. The van der Waals surface area contributed by atoms with E-state index in [1.54, 1.807) is 0 Å². The Morgan fingerprint density at radius 2 is 2.32 bits per heavy atom. The van der Waals surface area contributed by atoms with Gasteiger partial charge in [-0.2, -0.15) is 0 Å². The second-order valence-corrected chi connectivity index (χ2v) is 5.45. The van der Waals surface area contributed by atoms with Crippen molar-refractivity contribution in [1.29, 1.82) is 0 Å². The Hall–Kier alpha value is -1.88. The molecule has 0 fully saturated rings. The zero-order valence-corrected chi connectivity index (χ0v) is 11.8. The molecule has 2 aromatic rings. The number of hydrogen-bond acceptors (Lipinski definition) is 4. The van der Waals surface area contributed by atoms with Crippen LogP contribution in [0.1, 0.15) is 29.8 Å². The topological polar surface area (TPSA) is 68.0 Å². The number of aryl methyl sites for hydroxylation is 1. The molecular weight excluding hydrogens is 258 g/mol. The van der Waals surface area contributed by atoms with Crippen molar-refractivity contribution in [3.63, 3.8) is 0 Å². The van der Waals surface area contributed by atoms with Crippen LogP contribution < -0.4 is 11.1 Å². The van der Waals surface area contributed by atoms with Gasteiger partial charge in [-0.1, -0.05) is 29.8 Å². The number of thiazole rings is 1. The highest BCUT2D eigenvalue weighted by atomic mass is 32.1. The van der Waals surface area contributed by atoms with E-state index in [-0.39, 0.29) is 18.4 Å². The van der Waals surface area contributed by atoms with E-state index in [0.29, 0.717) is 5.13 Å². The minimum Gasteiger partial charge on any atom is -0.375 e. The highest BCUT2D eigenvalue weighted by Crippen LogP contribution is 2.15. The molecule has 1 heterocycles. The van der Waals surface area contributed by atoms with E-state index in [1.165, 1.54) is 16.9 Å². The third kappa shape index (κ3) is 3.79. The number of rotatable bonds is 4. The van der Waals surface area contributed by atoms with Gasteiger partial charge in [-0.3, -0.25) is 4.79 Å². The van der Waals surface area contributed by atoms with Crippen LogP contribution in [0.2, 0.25) is 0 Å². The Morgan fingerprint density at radius 3 is 2.95 bits per heavy atom. The molecule has 0 aliphatic heterocycles. The Bertz CT molecular complexity index is 580. The number of anilines is 1. The van der Waals surface area contributed by atoms with Gasteiger partial charge in [-0.15, -0.1) is 11.3 Å². The molecule has 0 aliphatic carbocycles. The highest BCUT2D eigenvalue weighted by molar-refractivity contribution is 7.13. The van der Waals surface area contributed by atoms with Crippen molar-refractivity contribution >= 4 is 22.4 Å². The molecule has 0 saturated carbocycles. The molecule has 4 nitrogen and oxygen atoms in total. The molecule has 19 heavy (non-hydrogen) atoms. The molecule has 3 N–H and O–H groups in total. The van der Waals surface area contributed by atoms with Gasteiger partial charge in [0.2, 0.25) is 5.91 Å². The number of nitrogens with zero attached hydrogens (tertiary/aromatic N) is 1. The third-order valence-corrected chi connectivity index (χ3v) is 3.55. The SMILES string of the molecule is Cc1cccc([C@@H](C)NC(=O)Cc2csc(N)n2)c1. The van der Waals surface area contributed by atoms with Crippen LogP contribution in [-0.2, 0) is 11.2 Å². The minimum absolute atomic E-state index is 0.0108. The molecule has 5 heteroatoms. The van der Waals surface area contributed by atoms with Crippen LogP contribution in [0.25, 0.3) is 0 Å². The van der Waals surface area contributed by atoms with E-state index in [9.17, 15) is 4.79 Å². The van der Waals surface area contributed by atoms with E-state index in [4.69, 9.17) is 5.73 Å². The monoisotopic (exact) mass is 275 g/mol. The smallest absolute Gasteiger partial charge is 0.226 e. The normalized spacial score (nSPS) is 12.1. The summed E-state index contributed by atoms with van der Waals surface area (Å²) in [4.78, 5) is 16.0. The minimum atomic E-state index is -0.0423. The number of hydrogen-bond donors (Lipinski definition) is 2. The summed E-state index contributed by atoms with van der Waals surface area (Å²) in [7, 11) is 0. The van der Waals surface area contributed by atoms with Crippen molar-refractivity contribution in [1.82, 2.24) is 10.3 Å². The van der Waals surface area contributed by atoms with Crippen molar-refractivity contribution in [2.75, 3.05) is 5.73 Å². The Balaban J connectivity index is 1.95. The van der Waals surface area contributed by atoms with Crippen molar-refractivity contribution in [2.24, 2.45) is 0 Å². The Kier molecular flexibility index (Phi) is 4.16. The van der Waals surface area contributed by atoms with E-state index in [0.717, 1.165) is 11.3 Å². The summed E-state index contributed by atoms with van der Waals surface area (Å²) in [5.41, 5.74) is 8.55. The van der Waals surface area contributed by atoms with Gasteiger partial charge in [0.1, 0.15) is 0 Å². The maximum Gasteiger partial charge on any atom is 0.226 e. The summed E-state index contributed by atoms with van der Waals surface area (Å²) >= 11 is 1.35. The highest BCUT2D eigenvalue weighted by Gasteiger charge is 2.11. The van der Waals surface area contributed by atoms with Crippen molar-refractivity contribution < 1.29 is 4.79 Å². The van der Waals surface area contributed by atoms with Crippen LogP contribution in [-0.4, -0.2) is 10.9 Å². The number of carbonyl (C=O) groups is 1. The quantitative estimate of drug-likeness (QED) is 0.900. The predicted octanol–water partition coefficient (Wildman–Crippen LogP) is 2.45. The van der Waals surface area contributed by atoms with Crippen molar-refractivity contribution in [2.45, 2.75) is 26.3 Å². The molecule has 1 atom stereocenters. The number of nitrogens with one attached hydrogen (secondary N) is 1. The Labute approximate surface area is 116 Å². The van der Waals surface area contributed by atoms with Gasteiger partial charge in [0.05, 0.1) is 18.2 Å². The average molecular weight is 275 g/mol. The lowest BCUT2D eigenvalue weighted by Crippen LogP contribution is -2.28. The summed E-state index contributed by atoms with van der Waals surface area (Å²) in [6.07, 6.45) is 0.268. The standard InChI is InChI=1S/C14H17N3OS/c1-9-4-3-5-11(6-9)10(2)16-13(18)7-12-8-19-14(15)17-12/h3-6,8,10H,7H2,1-2H3,(H2,15,17)(H,16,18)/t10-/m1/s1.